The van der Waals surface area contributed by atoms with E-state index in [4.69, 9.17) is 14.2 Å². The quantitative estimate of drug-likeness (QED) is 0.318. The fraction of sp³-hybridized carbons (Fsp3) is 0.562. The smallest absolute Gasteiger partial charge is 0.256 e. The molecule has 1 saturated carbocycles. The Labute approximate surface area is 243 Å². The molecule has 1 aliphatic carbocycles. The maximum atomic E-state index is 13.8. The van der Waals surface area contributed by atoms with Crippen LogP contribution in [0.2, 0.25) is 0 Å². The van der Waals surface area contributed by atoms with Gasteiger partial charge in [-0.05, 0) is 62.3 Å². The van der Waals surface area contributed by atoms with E-state index in [0.717, 1.165) is 32.4 Å². The minimum absolute atomic E-state index is 0.0157. The second-order valence-electron chi connectivity index (χ2n) is 11.3. The number of benzene rings is 2. The van der Waals surface area contributed by atoms with E-state index < -0.39 is 6.10 Å². The largest absolute Gasteiger partial charge is 0.493 e. The molecule has 0 aromatic heterocycles. The summed E-state index contributed by atoms with van der Waals surface area (Å²) in [5.74, 6) is 1.16. The zero-order chi connectivity index (χ0) is 29.4. The van der Waals surface area contributed by atoms with Crippen molar-refractivity contribution >= 4 is 11.8 Å². The molecule has 1 heterocycles. The van der Waals surface area contributed by atoms with Crippen LogP contribution < -0.4 is 14.8 Å². The number of aliphatic hydroxyl groups is 1. The molecule has 224 valence electrons. The molecule has 3 atom stereocenters. The molecule has 4 rings (SSSR count). The maximum absolute atomic E-state index is 13.8. The van der Waals surface area contributed by atoms with Gasteiger partial charge in [-0.2, -0.15) is 0 Å². The van der Waals surface area contributed by atoms with Crippen LogP contribution in [0.15, 0.2) is 48.5 Å². The Balaban J connectivity index is 1.45. The number of ether oxygens (including phenoxy) is 3. The van der Waals surface area contributed by atoms with Gasteiger partial charge >= 0.3 is 0 Å². The number of nitrogens with one attached hydrogen (secondary N) is 1. The number of aliphatic hydroxyl groups excluding tert-OH is 1. The number of hydrogen-bond acceptors (Lipinski definition) is 7. The average Bonchev–Trinajstić information content (AvgIpc) is 3.74. The van der Waals surface area contributed by atoms with Crippen LogP contribution in [0.4, 0.5) is 0 Å². The van der Waals surface area contributed by atoms with E-state index >= 15 is 0 Å². The molecular weight excluding hydrogens is 522 g/mol. The van der Waals surface area contributed by atoms with E-state index in [0.29, 0.717) is 48.9 Å². The zero-order valence-electron chi connectivity index (χ0n) is 24.8. The third kappa shape index (κ3) is 7.99. The first-order chi connectivity index (χ1) is 19.8. The highest BCUT2D eigenvalue weighted by molar-refractivity contribution is 5.95. The van der Waals surface area contributed by atoms with Crippen molar-refractivity contribution in [2.24, 2.45) is 11.8 Å². The maximum Gasteiger partial charge on any atom is 0.256 e. The number of hydrogen-bond donors (Lipinski definition) is 2. The Morgan fingerprint density at radius 2 is 1.68 bits per heavy atom. The van der Waals surface area contributed by atoms with Gasteiger partial charge in [0.2, 0.25) is 0 Å². The summed E-state index contributed by atoms with van der Waals surface area (Å²) in [5.41, 5.74) is 1.16. The molecule has 9 heteroatoms. The zero-order valence-corrected chi connectivity index (χ0v) is 24.8. The highest BCUT2D eigenvalue weighted by atomic mass is 16.5. The minimum atomic E-state index is -1.17. The molecule has 41 heavy (non-hydrogen) atoms. The molecule has 0 radical (unpaired) electrons. The van der Waals surface area contributed by atoms with E-state index in [1.807, 2.05) is 41.8 Å². The molecular formula is C32H45N3O6. The predicted octanol–water partition coefficient (Wildman–Crippen LogP) is 3.52. The monoisotopic (exact) mass is 567 g/mol. The molecule has 1 unspecified atom stereocenters. The summed E-state index contributed by atoms with van der Waals surface area (Å²) in [6.07, 6.45) is 1.48. The number of nitrogens with zero attached hydrogens (tertiary/aromatic N) is 2. The van der Waals surface area contributed by atoms with E-state index in [9.17, 15) is 14.7 Å². The lowest BCUT2D eigenvalue weighted by molar-refractivity contribution is -0.142. The standard InChI is InChI=1S/C32H45N3O6/c1-22(2)34(31(37)24-11-14-28(40-4)29(17-24)41-16-8-15-39-3)20-25-18-33-19-26(25)21-35(27-12-13-27)32(38)30(36)23-9-6-5-7-10-23/h5-7,9-11,14,17,22,25-27,30,33,36H,8,12-13,15-16,18-21H2,1-4H3/t25-,26-,30?/m0/s1. The second kappa shape index (κ2) is 14.7. The van der Waals surface area contributed by atoms with Crippen LogP contribution in [-0.2, 0) is 9.53 Å². The Hall–Kier alpha value is -3.14. The Morgan fingerprint density at radius 1 is 0.976 bits per heavy atom. The van der Waals surface area contributed by atoms with E-state index in [2.05, 4.69) is 5.32 Å². The molecule has 1 saturated heterocycles. The van der Waals surface area contributed by atoms with Crippen molar-refractivity contribution in [1.82, 2.24) is 15.1 Å². The van der Waals surface area contributed by atoms with Crippen LogP contribution >= 0.6 is 0 Å². The highest BCUT2D eigenvalue weighted by Gasteiger charge is 2.40. The molecule has 2 N–H and O–H groups in total. The number of methoxy groups -OCH3 is 2. The minimum Gasteiger partial charge on any atom is -0.493 e. The van der Waals surface area contributed by atoms with Crippen LogP contribution in [-0.4, -0.2) is 92.4 Å². The lowest BCUT2D eigenvalue weighted by Gasteiger charge is -2.34. The van der Waals surface area contributed by atoms with Gasteiger partial charge in [-0.3, -0.25) is 9.59 Å². The summed E-state index contributed by atoms with van der Waals surface area (Å²) in [7, 11) is 3.24. The third-order valence-corrected chi connectivity index (χ3v) is 8.01. The van der Waals surface area contributed by atoms with Gasteiger partial charge in [0, 0.05) is 64.0 Å². The van der Waals surface area contributed by atoms with Gasteiger partial charge in [0.15, 0.2) is 17.6 Å². The number of rotatable bonds is 15. The molecule has 2 aromatic rings. The van der Waals surface area contributed by atoms with Crippen LogP contribution in [0, 0.1) is 11.8 Å². The lowest BCUT2D eigenvalue weighted by Crippen LogP contribution is -2.45. The van der Waals surface area contributed by atoms with Gasteiger partial charge in [0.25, 0.3) is 11.8 Å². The molecule has 0 spiro atoms. The summed E-state index contributed by atoms with van der Waals surface area (Å²) in [5, 5.41) is 14.3. The Morgan fingerprint density at radius 3 is 2.32 bits per heavy atom. The van der Waals surface area contributed by atoms with E-state index in [1.54, 1.807) is 44.6 Å². The molecule has 0 bridgehead atoms. The van der Waals surface area contributed by atoms with Crippen LogP contribution in [0.3, 0.4) is 0 Å². The van der Waals surface area contributed by atoms with Gasteiger partial charge in [-0.1, -0.05) is 30.3 Å². The van der Waals surface area contributed by atoms with Crippen molar-refractivity contribution in [1.29, 1.82) is 0 Å². The van der Waals surface area contributed by atoms with Crippen molar-refractivity contribution in [3.8, 4) is 11.5 Å². The van der Waals surface area contributed by atoms with Crippen molar-refractivity contribution in [3.05, 3.63) is 59.7 Å². The topological polar surface area (TPSA) is 101 Å². The van der Waals surface area contributed by atoms with E-state index in [-0.39, 0.29) is 35.7 Å². The molecule has 2 fully saturated rings. The SMILES string of the molecule is COCCCOc1cc(C(=O)N(C[C@@H]2CNC[C@H]2CN(C(=O)C(O)c2ccccc2)C2CC2)C(C)C)ccc1OC. The van der Waals surface area contributed by atoms with Crippen molar-refractivity contribution in [3.63, 3.8) is 0 Å². The molecule has 2 aromatic carbocycles. The predicted molar refractivity (Wildman–Crippen MR) is 157 cm³/mol. The summed E-state index contributed by atoms with van der Waals surface area (Å²) in [6.45, 7) is 7.77. The first kappa shape index (κ1) is 30.8. The van der Waals surface area contributed by atoms with Gasteiger partial charge in [-0.15, -0.1) is 0 Å². The summed E-state index contributed by atoms with van der Waals surface area (Å²) in [6, 6.07) is 14.6. The van der Waals surface area contributed by atoms with Crippen LogP contribution in [0.5, 0.6) is 11.5 Å². The third-order valence-electron chi connectivity index (χ3n) is 8.01. The first-order valence-electron chi connectivity index (χ1n) is 14.7. The van der Waals surface area contributed by atoms with Gasteiger partial charge < -0.3 is 34.4 Å². The summed E-state index contributed by atoms with van der Waals surface area (Å²) in [4.78, 5) is 31.0. The number of amides is 2. The summed E-state index contributed by atoms with van der Waals surface area (Å²) < 4.78 is 16.5. The first-order valence-corrected chi connectivity index (χ1v) is 14.7. The van der Waals surface area contributed by atoms with Crippen molar-refractivity contribution in [2.45, 2.75) is 51.3 Å². The summed E-state index contributed by atoms with van der Waals surface area (Å²) >= 11 is 0. The van der Waals surface area contributed by atoms with Gasteiger partial charge in [0.05, 0.1) is 13.7 Å². The average molecular weight is 568 g/mol. The Bertz CT molecular complexity index is 1140. The van der Waals surface area contributed by atoms with Crippen molar-refractivity contribution < 1.29 is 28.9 Å². The molecule has 2 amide bonds. The van der Waals surface area contributed by atoms with Gasteiger partial charge in [0.1, 0.15) is 0 Å². The van der Waals surface area contributed by atoms with Crippen molar-refractivity contribution in [2.75, 3.05) is 53.6 Å². The fourth-order valence-electron chi connectivity index (χ4n) is 5.46. The van der Waals surface area contributed by atoms with Crippen LogP contribution in [0.1, 0.15) is 55.1 Å². The second-order valence-corrected chi connectivity index (χ2v) is 11.3. The lowest BCUT2D eigenvalue weighted by atomic mass is 9.93. The Kier molecular flexibility index (Phi) is 11.0. The van der Waals surface area contributed by atoms with E-state index in [1.165, 1.54) is 0 Å². The number of carbonyl (C=O) groups excluding carboxylic acids is 2. The molecule has 1 aliphatic heterocycles. The van der Waals surface area contributed by atoms with Gasteiger partial charge in [-0.25, -0.2) is 0 Å². The van der Waals surface area contributed by atoms with Crippen LogP contribution in [0.25, 0.3) is 0 Å². The fourth-order valence-corrected chi connectivity index (χ4v) is 5.46. The number of carbonyl (C=O) groups is 2. The highest BCUT2D eigenvalue weighted by Crippen LogP contribution is 2.33. The molecule has 9 nitrogen and oxygen atoms in total. The molecule has 2 aliphatic rings. The normalized spacial score (nSPS) is 19.2.